The zero-order valence-electron chi connectivity index (χ0n) is 7.85. The molecule has 0 radical (unpaired) electrons. The maximum atomic E-state index is 10.7. The first-order chi connectivity index (χ1) is 6.58. The molecule has 5 heteroatoms. The summed E-state index contributed by atoms with van der Waals surface area (Å²) in [5.74, 6) is -1.02. The van der Waals surface area contributed by atoms with Crippen molar-refractivity contribution in [1.29, 1.82) is 0 Å². The van der Waals surface area contributed by atoms with Gasteiger partial charge in [0.25, 0.3) is 0 Å². The van der Waals surface area contributed by atoms with Gasteiger partial charge in [-0.25, -0.2) is 14.3 Å². The van der Waals surface area contributed by atoms with Crippen LogP contribution >= 0.6 is 0 Å². The normalized spacial score (nSPS) is 10.7. The van der Waals surface area contributed by atoms with Crippen molar-refractivity contribution in [3.05, 3.63) is 29.2 Å². The SMILES string of the molecule is Cc1cc2nc(C(=O)O)cc(C)n2n1. The Bertz CT molecular complexity index is 516. The number of hydrogen-bond donors (Lipinski definition) is 1. The molecular weight excluding hydrogens is 182 g/mol. The number of aromatic carboxylic acids is 1. The van der Waals surface area contributed by atoms with Crippen LogP contribution in [0.15, 0.2) is 12.1 Å². The van der Waals surface area contributed by atoms with Crippen molar-refractivity contribution in [3.8, 4) is 0 Å². The quantitative estimate of drug-likeness (QED) is 0.731. The summed E-state index contributed by atoms with van der Waals surface area (Å²) in [6.45, 7) is 3.64. The third-order valence-electron chi connectivity index (χ3n) is 1.95. The summed E-state index contributed by atoms with van der Waals surface area (Å²) in [6, 6.07) is 3.25. The number of aryl methyl sites for hydroxylation is 2. The molecule has 0 aliphatic rings. The fourth-order valence-electron chi connectivity index (χ4n) is 1.35. The van der Waals surface area contributed by atoms with E-state index in [4.69, 9.17) is 5.11 Å². The molecule has 0 bridgehead atoms. The molecule has 0 fully saturated rings. The second kappa shape index (κ2) is 2.80. The number of nitrogens with zero attached hydrogens (tertiary/aromatic N) is 3. The minimum Gasteiger partial charge on any atom is -0.477 e. The molecule has 0 unspecified atom stereocenters. The molecule has 1 N–H and O–H groups in total. The number of carbonyl (C=O) groups is 1. The first-order valence-corrected chi connectivity index (χ1v) is 4.15. The lowest BCUT2D eigenvalue weighted by atomic mass is 10.3. The molecule has 0 saturated heterocycles. The van der Waals surface area contributed by atoms with Crippen LogP contribution in [0.2, 0.25) is 0 Å². The van der Waals surface area contributed by atoms with E-state index >= 15 is 0 Å². The summed E-state index contributed by atoms with van der Waals surface area (Å²) in [5, 5.41) is 13.0. The summed E-state index contributed by atoms with van der Waals surface area (Å²) >= 11 is 0. The van der Waals surface area contributed by atoms with Gasteiger partial charge in [0.05, 0.1) is 5.69 Å². The van der Waals surface area contributed by atoms with Gasteiger partial charge in [0, 0.05) is 11.8 Å². The van der Waals surface area contributed by atoms with E-state index < -0.39 is 5.97 Å². The van der Waals surface area contributed by atoms with Crippen LogP contribution in [0.5, 0.6) is 0 Å². The van der Waals surface area contributed by atoms with Crippen LogP contribution in [-0.4, -0.2) is 25.7 Å². The van der Waals surface area contributed by atoms with Crippen molar-refractivity contribution in [2.75, 3.05) is 0 Å². The molecule has 72 valence electrons. The van der Waals surface area contributed by atoms with E-state index in [1.807, 2.05) is 6.92 Å². The van der Waals surface area contributed by atoms with Gasteiger partial charge in [-0.2, -0.15) is 5.10 Å². The molecule has 0 amide bonds. The fraction of sp³-hybridized carbons (Fsp3) is 0.222. The van der Waals surface area contributed by atoms with Crippen LogP contribution in [-0.2, 0) is 0 Å². The maximum absolute atomic E-state index is 10.7. The minimum atomic E-state index is -1.02. The van der Waals surface area contributed by atoms with Crippen molar-refractivity contribution < 1.29 is 9.90 Å². The summed E-state index contributed by atoms with van der Waals surface area (Å²) < 4.78 is 1.63. The molecule has 0 saturated carbocycles. The van der Waals surface area contributed by atoms with Crippen molar-refractivity contribution in [2.45, 2.75) is 13.8 Å². The van der Waals surface area contributed by atoms with E-state index in [0.29, 0.717) is 5.65 Å². The maximum Gasteiger partial charge on any atom is 0.354 e. The Morgan fingerprint density at radius 1 is 1.43 bits per heavy atom. The molecule has 5 nitrogen and oxygen atoms in total. The average molecular weight is 191 g/mol. The predicted octanol–water partition coefficient (Wildman–Crippen LogP) is 1.04. The van der Waals surface area contributed by atoms with Crippen molar-refractivity contribution in [3.63, 3.8) is 0 Å². The van der Waals surface area contributed by atoms with Crippen LogP contribution in [0, 0.1) is 13.8 Å². The highest BCUT2D eigenvalue weighted by Gasteiger charge is 2.09. The monoisotopic (exact) mass is 191 g/mol. The molecule has 0 aromatic carbocycles. The number of carboxylic acids is 1. The number of aromatic nitrogens is 3. The van der Waals surface area contributed by atoms with Gasteiger partial charge < -0.3 is 5.11 Å². The van der Waals surface area contributed by atoms with Gasteiger partial charge in [-0.15, -0.1) is 0 Å². The first-order valence-electron chi connectivity index (χ1n) is 4.15. The Kier molecular flexibility index (Phi) is 1.73. The van der Waals surface area contributed by atoms with Gasteiger partial charge in [0.15, 0.2) is 11.3 Å². The van der Waals surface area contributed by atoms with E-state index in [0.717, 1.165) is 11.4 Å². The van der Waals surface area contributed by atoms with E-state index in [1.54, 1.807) is 17.5 Å². The molecule has 2 heterocycles. The van der Waals surface area contributed by atoms with Gasteiger partial charge in [-0.1, -0.05) is 0 Å². The summed E-state index contributed by atoms with van der Waals surface area (Å²) in [6.07, 6.45) is 0. The largest absolute Gasteiger partial charge is 0.477 e. The van der Waals surface area contributed by atoms with Crippen molar-refractivity contribution in [2.24, 2.45) is 0 Å². The second-order valence-electron chi connectivity index (χ2n) is 3.14. The van der Waals surface area contributed by atoms with Gasteiger partial charge in [-0.3, -0.25) is 0 Å². The van der Waals surface area contributed by atoms with Gasteiger partial charge in [0.2, 0.25) is 0 Å². The lowest BCUT2D eigenvalue weighted by Crippen LogP contribution is -2.05. The topological polar surface area (TPSA) is 67.5 Å². The Hall–Kier alpha value is -1.91. The second-order valence-corrected chi connectivity index (χ2v) is 3.14. The highest BCUT2D eigenvalue weighted by atomic mass is 16.4. The summed E-state index contributed by atoms with van der Waals surface area (Å²) in [4.78, 5) is 14.7. The molecule has 2 rings (SSSR count). The summed E-state index contributed by atoms with van der Waals surface area (Å²) in [7, 11) is 0. The molecule has 0 aliphatic heterocycles. The van der Waals surface area contributed by atoms with E-state index in [1.165, 1.54) is 6.07 Å². The molecule has 14 heavy (non-hydrogen) atoms. The Balaban J connectivity index is 2.77. The van der Waals surface area contributed by atoms with Crippen LogP contribution < -0.4 is 0 Å². The summed E-state index contributed by atoms with van der Waals surface area (Å²) in [5.41, 5.74) is 2.21. The van der Waals surface area contributed by atoms with Gasteiger partial charge >= 0.3 is 5.97 Å². The van der Waals surface area contributed by atoms with Crippen molar-refractivity contribution in [1.82, 2.24) is 14.6 Å². The van der Waals surface area contributed by atoms with E-state index in [2.05, 4.69) is 10.1 Å². The van der Waals surface area contributed by atoms with Crippen LogP contribution in [0.4, 0.5) is 0 Å². The third kappa shape index (κ3) is 1.22. The van der Waals surface area contributed by atoms with E-state index in [9.17, 15) is 4.79 Å². The molecule has 2 aromatic heterocycles. The molecule has 2 aromatic rings. The Labute approximate surface area is 80.0 Å². The lowest BCUT2D eigenvalue weighted by Gasteiger charge is -1.99. The molecule has 0 aliphatic carbocycles. The fourth-order valence-corrected chi connectivity index (χ4v) is 1.35. The molecule has 0 atom stereocenters. The highest BCUT2D eigenvalue weighted by molar-refractivity contribution is 5.86. The number of hydrogen-bond acceptors (Lipinski definition) is 3. The number of rotatable bonds is 1. The first kappa shape index (κ1) is 8.68. The van der Waals surface area contributed by atoms with Crippen LogP contribution in [0.3, 0.4) is 0 Å². The van der Waals surface area contributed by atoms with Crippen molar-refractivity contribution >= 4 is 11.6 Å². The molecule has 0 spiro atoms. The zero-order chi connectivity index (χ0) is 10.3. The smallest absolute Gasteiger partial charge is 0.354 e. The zero-order valence-corrected chi connectivity index (χ0v) is 7.85. The van der Waals surface area contributed by atoms with Crippen LogP contribution in [0.1, 0.15) is 21.9 Å². The Morgan fingerprint density at radius 2 is 2.14 bits per heavy atom. The average Bonchev–Trinajstić information content (AvgIpc) is 2.45. The van der Waals surface area contributed by atoms with Gasteiger partial charge in [0.1, 0.15) is 0 Å². The van der Waals surface area contributed by atoms with E-state index in [-0.39, 0.29) is 5.69 Å². The number of fused-ring (bicyclic) bond motifs is 1. The van der Waals surface area contributed by atoms with Crippen LogP contribution in [0.25, 0.3) is 5.65 Å². The highest BCUT2D eigenvalue weighted by Crippen LogP contribution is 2.08. The van der Waals surface area contributed by atoms with Gasteiger partial charge in [-0.05, 0) is 19.9 Å². The lowest BCUT2D eigenvalue weighted by molar-refractivity contribution is 0.0690. The number of carboxylic acid groups (broad SMARTS) is 1. The minimum absolute atomic E-state index is 0.0508. The Morgan fingerprint density at radius 3 is 2.79 bits per heavy atom. The standard InChI is InChI=1S/C9H9N3O2/c1-5-3-8-10-7(9(13)14)4-6(2)12(8)11-5/h3-4H,1-2H3,(H,13,14). The predicted molar refractivity (Wildman–Crippen MR) is 49.4 cm³/mol. The third-order valence-corrected chi connectivity index (χ3v) is 1.95. The molecular formula is C9H9N3O2.